The first-order valence-electron chi connectivity index (χ1n) is 12.6. The van der Waals surface area contributed by atoms with E-state index >= 15 is 0 Å². The van der Waals surface area contributed by atoms with Crippen LogP contribution in [0, 0.1) is 5.92 Å². The van der Waals surface area contributed by atoms with Crippen molar-refractivity contribution < 1.29 is 13.2 Å². The molecule has 1 aliphatic carbocycles. The molecular weight excluding hydrogens is 469 g/mol. The van der Waals surface area contributed by atoms with Gasteiger partial charge in [-0.15, -0.1) is 0 Å². The molecule has 0 unspecified atom stereocenters. The van der Waals surface area contributed by atoms with Crippen molar-refractivity contribution >= 4 is 22.7 Å². The van der Waals surface area contributed by atoms with Gasteiger partial charge in [-0.05, 0) is 51.6 Å². The van der Waals surface area contributed by atoms with Gasteiger partial charge in [-0.1, -0.05) is 0 Å². The number of H-pyrrole nitrogens is 1. The van der Waals surface area contributed by atoms with Crippen molar-refractivity contribution in [1.29, 1.82) is 0 Å². The number of aromatic nitrogens is 4. The Morgan fingerprint density at radius 2 is 1.81 bits per heavy atom. The number of rotatable bonds is 5. The largest absolute Gasteiger partial charge is 0.417 e. The van der Waals surface area contributed by atoms with E-state index in [4.69, 9.17) is 5.73 Å². The summed E-state index contributed by atoms with van der Waals surface area (Å²) in [6, 6.07) is 1.90. The maximum atomic E-state index is 13.3. The van der Waals surface area contributed by atoms with E-state index in [9.17, 15) is 13.2 Å². The summed E-state index contributed by atoms with van der Waals surface area (Å²) in [6.45, 7) is 6.72. The number of nitrogens with two attached hydrogens (primary N) is 1. The minimum atomic E-state index is -4.49. The number of halogens is 3. The Bertz CT molecular complexity index is 1190. The lowest BCUT2D eigenvalue weighted by Gasteiger charge is -2.42. The molecule has 194 valence electrons. The predicted octanol–water partition coefficient (Wildman–Crippen LogP) is 4.23. The number of fused-ring (bicyclic) bond motifs is 1. The Kier molecular flexibility index (Phi) is 6.78. The minimum Gasteiger partial charge on any atom is -0.396 e. The van der Waals surface area contributed by atoms with Crippen LogP contribution in [0.4, 0.5) is 24.8 Å². The monoisotopic (exact) mass is 502 g/mol. The van der Waals surface area contributed by atoms with E-state index in [2.05, 4.69) is 49.0 Å². The highest BCUT2D eigenvalue weighted by Gasteiger charge is 2.32. The fourth-order valence-electron chi connectivity index (χ4n) is 5.51. The summed E-state index contributed by atoms with van der Waals surface area (Å²) in [5, 5.41) is 3.74. The van der Waals surface area contributed by atoms with Gasteiger partial charge in [-0.2, -0.15) is 13.2 Å². The van der Waals surface area contributed by atoms with Crippen LogP contribution in [0.15, 0.2) is 24.7 Å². The molecule has 1 atom stereocenters. The summed E-state index contributed by atoms with van der Waals surface area (Å²) in [4.78, 5) is 20.8. The quantitative estimate of drug-likeness (QED) is 0.480. The molecule has 2 aliphatic rings. The van der Waals surface area contributed by atoms with E-state index in [1.165, 1.54) is 19.0 Å². The average molecular weight is 503 g/mol. The maximum absolute atomic E-state index is 13.3. The summed E-state index contributed by atoms with van der Waals surface area (Å²) < 4.78 is 39.8. The Morgan fingerprint density at radius 3 is 2.50 bits per heavy atom. The van der Waals surface area contributed by atoms with Crippen LogP contribution in [0.1, 0.15) is 38.2 Å². The summed E-state index contributed by atoms with van der Waals surface area (Å²) >= 11 is 0. The molecule has 0 aromatic carbocycles. The van der Waals surface area contributed by atoms with Crippen molar-refractivity contribution in [1.82, 2.24) is 29.7 Å². The van der Waals surface area contributed by atoms with Crippen LogP contribution in [-0.2, 0) is 6.18 Å². The molecule has 5 rings (SSSR count). The number of nitrogen functional groups attached to an aromatic ring is 1. The number of aromatic amines is 1. The van der Waals surface area contributed by atoms with E-state index in [1.807, 2.05) is 0 Å². The third kappa shape index (κ3) is 5.12. The first-order chi connectivity index (χ1) is 17.2. The van der Waals surface area contributed by atoms with Gasteiger partial charge in [-0.3, -0.25) is 4.90 Å². The van der Waals surface area contributed by atoms with Crippen LogP contribution in [0.5, 0.6) is 0 Å². The molecule has 0 amide bonds. The highest BCUT2D eigenvalue weighted by molar-refractivity contribution is 5.95. The molecule has 0 bridgehead atoms. The first-order valence-corrected chi connectivity index (χ1v) is 12.6. The van der Waals surface area contributed by atoms with E-state index in [0.29, 0.717) is 45.9 Å². The number of hydrogen-bond donors (Lipinski definition) is 3. The van der Waals surface area contributed by atoms with Gasteiger partial charge >= 0.3 is 6.18 Å². The van der Waals surface area contributed by atoms with E-state index in [1.54, 1.807) is 6.20 Å². The van der Waals surface area contributed by atoms with Crippen molar-refractivity contribution in [2.24, 2.45) is 5.92 Å². The van der Waals surface area contributed by atoms with Crippen LogP contribution in [0.3, 0.4) is 0 Å². The van der Waals surface area contributed by atoms with Gasteiger partial charge in [-0.25, -0.2) is 15.0 Å². The molecule has 3 aromatic rings. The summed E-state index contributed by atoms with van der Waals surface area (Å²) in [5.41, 5.74) is 6.81. The number of piperazine rings is 1. The van der Waals surface area contributed by atoms with E-state index < -0.39 is 11.7 Å². The minimum absolute atomic E-state index is 0.163. The van der Waals surface area contributed by atoms with Crippen LogP contribution in [0.25, 0.3) is 22.3 Å². The van der Waals surface area contributed by atoms with Gasteiger partial charge in [0.05, 0.1) is 17.4 Å². The van der Waals surface area contributed by atoms with Gasteiger partial charge in [0.2, 0.25) is 5.95 Å². The third-order valence-corrected chi connectivity index (χ3v) is 7.79. The van der Waals surface area contributed by atoms with Crippen LogP contribution in [-0.4, -0.2) is 75.0 Å². The second-order valence-electron chi connectivity index (χ2n) is 10.2. The Hall–Kier alpha value is -2.92. The number of hydrogen-bond acceptors (Lipinski definition) is 7. The Morgan fingerprint density at radius 1 is 1.08 bits per heavy atom. The number of likely N-dealkylation sites (N-methyl/N-ethyl adjacent to an activating group) is 1. The van der Waals surface area contributed by atoms with Gasteiger partial charge in [0.25, 0.3) is 0 Å². The maximum Gasteiger partial charge on any atom is 0.417 e. The summed E-state index contributed by atoms with van der Waals surface area (Å²) in [5.74, 6) is 0.923. The lowest BCUT2D eigenvalue weighted by molar-refractivity contribution is -0.137. The van der Waals surface area contributed by atoms with Gasteiger partial charge in [0, 0.05) is 61.6 Å². The molecule has 36 heavy (non-hydrogen) atoms. The number of nitrogens with one attached hydrogen (secondary N) is 2. The highest BCUT2D eigenvalue weighted by atomic mass is 19.4. The second kappa shape index (κ2) is 9.85. The Labute approximate surface area is 208 Å². The number of nitrogens with zero attached hydrogens (tertiary/aromatic N) is 5. The van der Waals surface area contributed by atoms with Gasteiger partial charge in [0.1, 0.15) is 11.3 Å². The van der Waals surface area contributed by atoms with E-state index in [-0.39, 0.29) is 6.04 Å². The molecule has 0 radical (unpaired) electrons. The summed E-state index contributed by atoms with van der Waals surface area (Å²) in [7, 11) is 2.18. The number of anilines is 2. The molecule has 2 fully saturated rings. The van der Waals surface area contributed by atoms with Gasteiger partial charge in [0.15, 0.2) is 0 Å². The SMILES string of the molecule is C[C@@H](Nc1ncc(N)c(-c2c[nH]c3ncc(C(F)(F)F)cc23)n1)[C@H]1CC[C@H](N2CCN(C)CC2)CC1. The standard InChI is InChI=1S/C25H33F3N8/c1-15(16-3-5-18(6-4-16)36-9-7-35(2)8-10-36)33-24-32-14-21(29)22(34-24)20-13-31-23-19(20)11-17(12-30-23)25(26,27)28/h11-16,18H,3-10,29H2,1-2H3,(H,30,31)(H,32,33,34)/t15-,16-,18-/m1/s1. The molecule has 4 heterocycles. The van der Waals surface area contributed by atoms with Crippen LogP contribution >= 0.6 is 0 Å². The van der Waals surface area contributed by atoms with Crippen molar-refractivity contribution in [3.05, 3.63) is 30.2 Å². The van der Waals surface area contributed by atoms with Crippen LogP contribution in [0.2, 0.25) is 0 Å². The van der Waals surface area contributed by atoms with Crippen LogP contribution < -0.4 is 11.1 Å². The lowest BCUT2D eigenvalue weighted by atomic mass is 9.81. The zero-order valence-electron chi connectivity index (χ0n) is 20.6. The number of pyridine rings is 1. The molecule has 4 N–H and O–H groups in total. The normalized spacial score (nSPS) is 23.1. The average Bonchev–Trinajstić information content (AvgIpc) is 3.28. The topological polar surface area (TPSA) is 99.0 Å². The van der Waals surface area contributed by atoms with Crippen molar-refractivity contribution in [3.63, 3.8) is 0 Å². The Balaban J connectivity index is 1.28. The molecule has 8 nitrogen and oxygen atoms in total. The predicted molar refractivity (Wildman–Crippen MR) is 134 cm³/mol. The smallest absolute Gasteiger partial charge is 0.396 e. The van der Waals surface area contributed by atoms with Crippen molar-refractivity contribution in [3.8, 4) is 11.3 Å². The summed E-state index contributed by atoms with van der Waals surface area (Å²) in [6.07, 6.45) is 4.08. The van der Waals surface area contributed by atoms with E-state index in [0.717, 1.165) is 51.3 Å². The second-order valence-corrected chi connectivity index (χ2v) is 10.2. The fraction of sp³-hybridized carbons (Fsp3) is 0.560. The molecule has 0 spiro atoms. The fourth-order valence-corrected chi connectivity index (χ4v) is 5.51. The molecule has 11 heteroatoms. The third-order valence-electron chi connectivity index (χ3n) is 7.79. The van der Waals surface area contributed by atoms with Crippen molar-refractivity contribution in [2.45, 2.75) is 50.9 Å². The van der Waals surface area contributed by atoms with Crippen molar-refractivity contribution in [2.75, 3.05) is 44.3 Å². The molecular formula is C25H33F3N8. The number of alkyl halides is 3. The van der Waals surface area contributed by atoms with Gasteiger partial charge < -0.3 is 20.9 Å². The molecule has 1 aliphatic heterocycles. The lowest BCUT2D eigenvalue weighted by Crippen LogP contribution is -2.50. The molecule has 1 saturated carbocycles. The molecule has 3 aromatic heterocycles. The highest BCUT2D eigenvalue weighted by Crippen LogP contribution is 2.36. The first kappa shape index (κ1) is 24.8. The zero-order chi connectivity index (χ0) is 25.4. The zero-order valence-corrected chi connectivity index (χ0v) is 20.6. The molecule has 1 saturated heterocycles.